The van der Waals surface area contributed by atoms with Crippen LogP contribution in [0, 0.1) is 0 Å². The first-order chi connectivity index (χ1) is 16.6. The predicted molar refractivity (Wildman–Crippen MR) is 119 cm³/mol. The number of amides is 5. The highest BCUT2D eigenvalue weighted by Crippen LogP contribution is 2.07. The van der Waals surface area contributed by atoms with Crippen LogP contribution in [0.4, 0.5) is 0 Å². The maximum atomic E-state index is 12.9. The van der Waals surface area contributed by atoms with Gasteiger partial charge in [-0.15, -0.1) is 0 Å². The van der Waals surface area contributed by atoms with Crippen LogP contribution in [0.3, 0.4) is 0 Å². The smallest absolute Gasteiger partial charge is 0.326 e. The van der Waals surface area contributed by atoms with Crippen LogP contribution in [0.25, 0.3) is 0 Å². The van der Waals surface area contributed by atoms with Gasteiger partial charge in [0.15, 0.2) is 0 Å². The zero-order valence-corrected chi connectivity index (χ0v) is 18.9. The molecule has 0 bridgehead atoms. The van der Waals surface area contributed by atoms with Crippen LogP contribution >= 0.6 is 0 Å². The fourth-order valence-electron chi connectivity index (χ4n) is 3.51. The number of H-pyrrole nitrogens is 1. The quantitative estimate of drug-likeness (QED) is 0.127. The number of carbonyl (C=O) groups excluding carboxylic acids is 5. The molecule has 15 heteroatoms. The minimum absolute atomic E-state index is 0.119. The minimum Gasteiger partial charge on any atom is -0.480 e. The number of aliphatic carboxylic acids is 1. The summed E-state index contributed by atoms with van der Waals surface area (Å²) < 4.78 is 0. The van der Waals surface area contributed by atoms with E-state index in [9.17, 15) is 33.9 Å². The van der Waals surface area contributed by atoms with Crippen molar-refractivity contribution in [2.75, 3.05) is 6.54 Å². The molecule has 1 aliphatic rings. The molecule has 1 aromatic heterocycles. The topological polar surface area (TPSA) is 251 Å². The summed E-state index contributed by atoms with van der Waals surface area (Å²) in [5.74, 6) is -5.26. The fraction of sp³-hybridized carbons (Fsp3) is 0.550. The molecule has 192 valence electrons. The van der Waals surface area contributed by atoms with Gasteiger partial charge in [0.2, 0.25) is 29.5 Å². The van der Waals surface area contributed by atoms with Crippen molar-refractivity contribution in [1.82, 2.24) is 31.2 Å². The predicted octanol–water partition coefficient (Wildman–Crippen LogP) is -3.62. The van der Waals surface area contributed by atoms with Gasteiger partial charge in [-0.2, -0.15) is 0 Å². The molecule has 5 amide bonds. The number of nitrogens with one attached hydrogen (secondary N) is 5. The molecule has 4 atom stereocenters. The summed E-state index contributed by atoms with van der Waals surface area (Å²) in [5.41, 5.74) is 10.8. The molecule has 0 spiro atoms. The molecule has 1 aliphatic heterocycles. The lowest BCUT2D eigenvalue weighted by molar-refractivity contribution is -0.142. The summed E-state index contributed by atoms with van der Waals surface area (Å²) in [6.45, 7) is 0.628. The highest BCUT2D eigenvalue weighted by atomic mass is 16.4. The molecule has 15 nitrogen and oxygen atoms in total. The number of rotatable bonds is 14. The van der Waals surface area contributed by atoms with Gasteiger partial charge in [0.05, 0.1) is 18.8 Å². The number of aromatic nitrogens is 2. The Hall–Kier alpha value is -4.01. The minimum atomic E-state index is -1.38. The lowest BCUT2D eigenvalue weighted by Crippen LogP contribution is -2.58. The maximum absolute atomic E-state index is 12.9. The Kier molecular flexibility index (Phi) is 10.1. The summed E-state index contributed by atoms with van der Waals surface area (Å²) in [5, 5.41) is 19.5. The Morgan fingerprint density at radius 1 is 1.03 bits per heavy atom. The summed E-state index contributed by atoms with van der Waals surface area (Å²) in [4.78, 5) is 79.1. The second kappa shape index (κ2) is 13.0. The van der Waals surface area contributed by atoms with E-state index in [1.165, 1.54) is 12.5 Å². The van der Waals surface area contributed by atoms with E-state index < -0.39 is 66.1 Å². The van der Waals surface area contributed by atoms with E-state index in [-0.39, 0.29) is 19.3 Å². The largest absolute Gasteiger partial charge is 0.480 e. The third kappa shape index (κ3) is 9.04. The van der Waals surface area contributed by atoms with Crippen molar-refractivity contribution in [2.45, 2.75) is 62.7 Å². The highest BCUT2D eigenvalue weighted by Gasteiger charge is 2.32. The molecule has 4 unspecified atom stereocenters. The van der Waals surface area contributed by atoms with Crippen LogP contribution in [0.2, 0.25) is 0 Å². The average molecular weight is 495 g/mol. The van der Waals surface area contributed by atoms with E-state index in [1.807, 2.05) is 0 Å². The number of carboxylic acids is 1. The molecule has 35 heavy (non-hydrogen) atoms. The van der Waals surface area contributed by atoms with Crippen LogP contribution in [0.5, 0.6) is 0 Å². The van der Waals surface area contributed by atoms with Crippen LogP contribution < -0.4 is 32.7 Å². The van der Waals surface area contributed by atoms with Gasteiger partial charge in [-0.1, -0.05) is 0 Å². The molecular formula is C20H30N8O7. The van der Waals surface area contributed by atoms with E-state index in [0.717, 1.165) is 6.42 Å². The molecule has 1 aromatic rings. The van der Waals surface area contributed by atoms with Gasteiger partial charge in [0.1, 0.15) is 18.1 Å². The molecule has 0 radical (unpaired) electrons. The van der Waals surface area contributed by atoms with Gasteiger partial charge in [-0.25, -0.2) is 9.78 Å². The average Bonchev–Trinajstić information content (AvgIpc) is 3.49. The Morgan fingerprint density at radius 2 is 1.71 bits per heavy atom. The Labute approximate surface area is 200 Å². The van der Waals surface area contributed by atoms with E-state index in [1.54, 1.807) is 0 Å². The third-order valence-corrected chi connectivity index (χ3v) is 5.32. The maximum Gasteiger partial charge on any atom is 0.326 e. The van der Waals surface area contributed by atoms with E-state index >= 15 is 0 Å². The zero-order valence-electron chi connectivity index (χ0n) is 18.9. The molecule has 0 aromatic carbocycles. The van der Waals surface area contributed by atoms with Gasteiger partial charge < -0.3 is 42.8 Å². The summed E-state index contributed by atoms with van der Waals surface area (Å²) in [6.07, 6.45) is 2.86. The van der Waals surface area contributed by atoms with Crippen LogP contribution in [0.1, 0.15) is 37.8 Å². The second-order valence-electron chi connectivity index (χ2n) is 8.13. The van der Waals surface area contributed by atoms with Gasteiger partial charge in [-0.05, 0) is 25.8 Å². The van der Waals surface area contributed by atoms with Crippen molar-refractivity contribution in [3.63, 3.8) is 0 Å². The van der Waals surface area contributed by atoms with Crippen molar-refractivity contribution in [1.29, 1.82) is 0 Å². The molecular weight excluding hydrogens is 464 g/mol. The van der Waals surface area contributed by atoms with E-state index in [2.05, 4.69) is 31.2 Å². The Balaban J connectivity index is 2.12. The molecule has 2 rings (SSSR count). The molecule has 1 fully saturated rings. The number of aromatic amines is 1. The molecule has 0 saturated carbocycles. The first-order valence-corrected chi connectivity index (χ1v) is 11.0. The number of nitrogens with two attached hydrogens (primary N) is 2. The third-order valence-electron chi connectivity index (χ3n) is 5.32. The van der Waals surface area contributed by atoms with E-state index in [4.69, 9.17) is 11.5 Å². The first-order valence-electron chi connectivity index (χ1n) is 11.0. The Bertz CT molecular complexity index is 930. The summed E-state index contributed by atoms with van der Waals surface area (Å²) in [6, 6.07) is -4.67. The Morgan fingerprint density at radius 3 is 2.26 bits per heavy atom. The standard InChI is InChI=1S/C20H30N8O7/c21-15(29)4-3-12(18(32)28-14(20(34)35)6-10-8-23-9-25-10)26-19(33)13(7-16(22)30)27-17(31)11-2-1-5-24-11/h8-9,11-14,24H,1-7H2,(H2,21,29)(H2,22,30)(H,23,25)(H,26,33)(H,27,31)(H,28,32)(H,34,35). The highest BCUT2D eigenvalue weighted by molar-refractivity contribution is 5.96. The number of imidazole rings is 1. The van der Waals surface area contributed by atoms with Crippen molar-refractivity contribution in [3.8, 4) is 0 Å². The lowest BCUT2D eigenvalue weighted by Gasteiger charge is -2.24. The molecule has 2 heterocycles. The van der Waals surface area contributed by atoms with E-state index in [0.29, 0.717) is 18.7 Å². The molecule has 10 N–H and O–H groups in total. The second-order valence-corrected chi connectivity index (χ2v) is 8.13. The van der Waals surface area contributed by atoms with Crippen molar-refractivity contribution < 1.29 is 33.9 Å². The number of carboxylic acid groups (broad SMARTS) is 1. The van der Waals surface area contributed by atoms with Gasteiger partial charge in [-0.3, -0.25) is 24.0 Å². The monoisotopic (exact) mass is 494 g/mol. The number of hydrogen-bond donors (Lipinski definition) is 8. The van der Waals surface area contributed by atoms with Crippen LogP contribution in [0.15, 0.2) is 12.5 Å². The number of hydrogen-bond acceptors (Lipinski definition) is 8. The summed E-state index contributed by atoms with van der Waals surface area (Å²) in [7, 11) is 0. The SMILES string of the molecule is NC(=O)CCC(NC(=O)C(CC(N)=O)NC(=O)C1CCCN1)C(=O)NC(Cc1cnc[nH]1)C(=O)O. The van der Waals surface area contributed by atoms with Gasteiger partial charge >= 0.3 is 5.97 Å². The zero-order chi connectivity index (χ0) is 26.0. The van der Waals surface area contributed by atoms with Crippen LogP contribution in [-0.2, 0) is 35.2 Å². The van der Waals surface area contributed by atoms with Crippen molar-refractivity contribution >= 4 is 35.5 Å². The number of carbonyl (C=O) groups is 6. The number of primary amides is 2. The summed E-state index contributed by atoms with van der Waals surface area (Å²) >= 11 is 0. The van der Waals surface area contributed by atoms with Crippen LogP contribution in [-0.4, -0.2) is 81.3 Å². The number of nitrogens with zero attached hydrogens (tertiary/aromatic N) is 1. The van der Waals surface area contributed by atoms with Gasteiger partial charge in [0, 0.05) is 24.7 Å². The van der Waals surface area contributed by atoms with Crippen molar-refractivity contribution in [3.05, 3.63) is 18.2 Å². The van der Waals surface area contributed by atoms with Gasteiger partial charge in [0.25, 0.3) is 0 Å². The molecule has 0 aliphatic carbocycles. The lowest BCUT2D eigenvalue weighted by atomic mass is 10.1. The first kappa shape index (κ1) is 27.2. The van der Waals surface area contributed by atoms with Crippen molar-refractivity contribution in [2.24, 2.45) is 11.5 Å². The molecule has 1 saturated heterocycles. The normalized spacial score (nSPS) is 17.5. The fourth-order valence-corrected chi connectivity index (χ4v) is 3.51.